The highest BCUT2D eigenvalue weighted by Crippen LogP contribution is 2.31. The Balaban J connectivity index is 1.63. The van der Waals surface area contributed by atoms with Gasteiger partial charge in [-0.1, -0.05) is 36.4 Å². The Hall–Kier alpha value is -3.52. The molecule has 1 unspecified atom stereocenters. The van der Waals surface area contributed by atoms with Crippen molar-refractivity contribution in [1.82, 2.24) is 19.8 Å². The van der Waals surface area contributed by atoms with E-state index in [1.54, 1.807) is 19.2 Å². The first-order valence-electron chi connectivity index (χ1n) is 9.94. The van der Waals surface area contributed by atoms with Crippen molar-refractivity contribution in [2.45, 2.75) is 25.6 Å². The number of nitrogens with zero attached hydrogens (tertiary/aromatic N) is 3. The first kappa shape index (κ1) is 20.7. The lowest BCUT2D eigenvalue weighted by molar-refractivity contribution is 0.0940. The number of carbonyl (C=O) groups is 1. The maximum absolute atomic E-state index is 13.1. The van der Waals surface area contributed by atoms with Crippen LogP contribution in [0.3, 0.4) is 0 Å². The second kappa shape index (κ2) is 8.31. The molecule has 4 rings (SSSR count). The smallest absolute Gasteiger partial charge is 0.296 e. The zero-order valence-electron chi connectivity index (χ0n) is 17.3. The van der Waals surface area contributed by atoms with Gasteiger partial charge in [0.1, 0.15) is 11.6 Å². The molecule has 0 bridgehead atoms. The van der Waals surface area contributed by atoms with E-state index in [-0.39, 0.29) is 24.1 Å². The van der Waals surface area contributed by atoms with Crippen LogP contribution in [0.5, 0.6) is 5.75 Å². The third kappa shape index (κ3) is 4.06. The molecule has 1 aliphatic rings. The molecule has 160 valence electrons. The molecule has 2 heterocycles. The molecule has 2 N–H and O–H groups in total. The number of fused-ring (bicyclic) bond motifs is 1. The van der Waals surface area contributed by atoms with Crippen LogP contribution >= 0.6 is 0 Å². The van der Waals surface area contributed by atoms with Crippen LogP contribution in [0, 0.1) is 5.82 Å². The molecule has 2 aromatic carbocycles. The van der Waals surface area contributed by atoms with Gasteiger partial charge in [0.05, 0.1) is 6.04 Å². The number of aromatic nitrogens is 2. The van der Waals surface area contributed by atoms with Gasteiger partial charge in [0.15, 0.2) is 5.69 Å². The zero-order valence-corrected chi connectivity index (χ0v) is 17.3. The van der Waals surface area contributed by atoms with Gasteiger partial charge in [-0.2, -0.15) is 0 Å². The number of carbonyl (C=O) groups excluding carboxylic acids is 1. The highest BCUT2D eigenvalue weighted by atomic mass is 19.1. The average Bonchev–Trinajstić information content (AvgIpc) is 2.77. The number of hydrogen-bond acceptors (Lipinski definition) is 5. The normalized spacial score (nSPS) is 16.0. The van der Waals surface area contributed by atoms with Gasteiger partial charge < -0.3 is 10.4 Å². The number of benzene rings is 2. The molecule has 0 radical (unpaired) electrons. The fourth-order valence-electron chi connectivity index (χ4n) is 3.87. The number of amides is 1. The predicted octanol–water partition coefficient (Wildman–Crippen LogP) is 2.28. The van der Waals surface area contributed by atoms with E-state index < -0.39 is 17.2 Å². The molecule has 3 aromatic rings. The summed E-state index contributed by atoms with van der Waals surface area (Å²) in [4.78, 5) is 31.8. The first-order chi connectivity index (χ1) is 14.8. The number of likely N-dealkylation sites (N-methyl/N-ethyl adjacent to an activating group) is 1. The van der Waals surface area contributed by atoms with Gasteiger partial charge in [0, 0.05) is 20.1 Å². The Kier molecular flexibility index (Phi) is 5.56. The third-order valence-electron chi connectivity index (χ3n) is 5.66. The van der Waals surface area contributed by atoms with E-state index in [9.17, 15) is 19.1 Å². The van der Waals surface area contributed by atoms with Crippen molar-refractivity contribution < 1.29 is 14.3 Å². The Morgan fingerprint density at radius 3 is 2.55 bits per heavy atom. The average molecular weight is 422 g/mol. The summed E-state index contributed by atoms with van der Waals surface area (Å²) in [5.74, 6) is -1.32. The van der Waals surface area contributed by atoms with Crippen molar-refractivity contribution in [3.8, 4) is 5.75 Å². The summed E-state index contributed by atoms with van der Waals surface area (Å²) >= 11 is 0. The van der Waals surface area contributed by atoms with Crippen LogP contribution in [0.4, 0.5) is 4.39 Å². The van der Waals surface area contributed by atoms with Crippen LogP contribution in [-0.2, 0) is 26.6 Å². The summed E-state index contributed by atoms with van der Waals surface area (Å²) in [5, 5.41) is 12.9. The number of aromatic hydroxyl groups is 1. The van der Waals surface area contributed by atoms with Gasteiger partial charge in [-0.15, -0.1) is 0 Å². The number of nitrogens with one attached hydrogen (secondary N) is 1. The second-order valence-electron chi connectivity index (χ2n) is 7.74. The molecular weight excluding hydrogens is 399 g/mol. The van der Waals surface area contributed by atoms with Gasteiger partial charge in [-0.3, -0.25) is 19.1 Å². The van der Waals surface area contributed by atoms with E-state index in [1.807, 2.05) is 25.2 Å². The van der Waals surface area contributed by atoms with Gasteiger partial charge in [0.2, 0.25) is 5.75 Å². The topological polar surface area (TPSA) is 87.5 Å². The minimum Gasteiger partial charge on any atom is -0.501 e. The molecule has 7 nitrogen and oxygen atoms in total. The summed E-state index contributed by atoms with van der Waals surface area (Å²) in [6.07, 6.45) is 0.633. The van der Waals surface area contributed by atoms with E-state index in [0.717, 1.165) is 5.56 Å². The van der Waals surface area contributed by atoms with Crippen LogP contribution in [0.2, 0.25) is 0 Å². The fraction of sp³-hybridized carbons (Fsp3) is 0.261. The summed E-state index contributed by atoms with van der Waals surface area (Å²) in [6.45, 7) is 0.797. The summed E-state index contributed by atoms with van der Waals surface area (Å²) in [6, 6.07) is 13.5. The van der Waals surface area contributed by atoms with Gasteiger partial charge in [-0.05, 0) is 42.3 Å². The Labute approximate surface area is 178 Å². The summed E-state index contributed by atoms with van der Waals surface area (Å²) in [7, 11) is 3.48. The summed E-state index contributed by atoms with van der Waals surface area (Å²) in [5.41, 5.74) is 2.07. The van der Waals surface area contributed by atoms with E-state index in [0.29, 0.717) is 24.4 Å². The van der Waals surface area contributed by atoms with Crippen molar-refractivity contribution in [3.05, 3.63) is 92.9 Å². The number of halogens is 1. The monoisotopic (exact) mass is 422 g/mol. The molecule has 1 amide bonds. The SMILES string of the molecule is CN1Cc2ccccc2CC1c1nc(C(=O)NCc2ccc(F)cc2)c(O)c(=O)n1C. The van der Waals surface area contributed by atoms with Crippen molar-refractivity contribution in [1.29, 1.82) is 0 Å². The highest BCUT2D eigenvalue weighted by Gasteiger charge is 2.30. The molecule has 0 saturated carbocycles. The second-order valence-corrected chi connectivity index (χ2v) is 7.74. The third-order valence-corrected chi connectivity index (χ3v) is 5.66. The maximum atomic E-state index is 13.1. The Bertz CT molecular complexity index is 1190. The first-order valence-corrected chi connectivity index (χ1v) is 9.94. The molecule has 0 saturated heterocycles. The lowest BCUT2D eigenvalue weighted by Gasteiger charge is -2.34. The Morgan fingerprint density at radius 1 is 1.16 bits per heavy atom. The molecule has 0 aliphatic carbocycles. The Morgan fingerprint density at radius 2 is 1.84 bits per heavy atom. The van der Waals surface area contributed by atoms with Crippen molar-refractivity contribution in [2.75, 3.05) is 7.05 Å². The minimum atomic E-state index is -0.693. The van der Waals surface area contributed by atoms with Gasteiger partial charge in [-0.25, -0.2) is 9.37 Å². The van der Waals surface area contributed by atoms with Crippen LogP contribution in [-0.4, -0.2) is 32.5 Å². The maximum Gasteiger partial charge on any atom is 0.296 e. The predicted molar refractivity (Wildman–Crippen MR) is 113 cm³/mol. The molecule has 1 atom stereocenters. The fourth-order valence-corrected chi connectivity index (χ4v) is 3.87. The zero-order chi connectivity index (χ0) is 22.1. The van der Waals surface area contributed by atoms with Crippen LogP contribution in [0.25, 0.3) is 0 Å². The van der Waals surface area contributed by atoms with Crippen LogP contribution in [0.1, 0.15) is 39.0 Å². The van der Waals surface area contributed by atoms with Crippen LogP contribution < -0.4 is 10.9 Å². The van der Waals surface area contributed by atoms with Crippen molar-refractivity contribution in [2.24, 2.45) is 7.05 Å². The lowest BCUT2D eigenvalue weighted by atomic mass is 9.94. The standard InChI is InChI=1S/C23H23FN4O3/c1-27-13-16-6-4-3-5-15(16)11-18(27)21-26-19(20(29)23(31)28(21)2)22(30)25-12-14-7-9-17(24)10-8-14/h3-10,18,29H,11-13H2,1-2H3,(H,25,30). The van der Waals surface area contributed by atoms with Gasteiger partial charge in [0.25, 0.3) is 11.5 Å². The molecule has 0 fully saturated rings. The molecule has 0 spiro atoms. The van der Waals surface area contributed by atoms with E-state index in [2.05, 4.69) is 21.3 Å². The lowest BCUT2D eigenvalue weighted by Crippen LogP contribution is -2.37. The molecule has 1 aromatic heterocycles. The number of rotatable bonds is 4. The van der Waals surface area contributed by atoms with Crippen molar-refractivity contribution >= 4 is 5.91 Å². The molecular formula is C23H23FN4O3. The number of hydrogen-bond donors (Lipinski definition) is 2. The quantitative estimate of drug-likeness (QED) is 0.674. The van der Waals surface area contributed by atoms with E-state index in [4.69, 9.17) is 0 Å². The van der Waals surface area contributed by atoms with Crippen molar-refractivity contribution in [3.63, 3.8) is 0 Å². The van der Waals surface area contributed by atoms with E-state index in [1.165, 1.54) is 22.3 Å². The molecule has 1 aliphatic heterocycles. The molecule has 8 heteroatoms. The largest absolute Gasteiger partial charge is 0.501 e. The van der Waals surface area contributed by atoms with Crippen LogP contribution in [0.15, 0.2) is 53.3 Å². The van der Waals surface area contributed by atoms with E-state index >= 15 is 0 Å². The van der Waals surface area contributed by atoms with Gasteiger partial charge >= 0.3 is 0 Å². The molecule has 31 heavy (non-hydrogen) atoms. The summed E-state index contributed by atoms with van der Waals surface area (Å²) < 4.78 is 14.4. The highest BCUT2D eigenvalue weighted by molar-refractivity contribution is 5.94. The minimum absolute atomic E-state index is 0.113.